The molecular weight excluding hydrogens is 212 g/mol. The third-order valence-corrected chi connectivity index (χ3v) is 3.08. The molecule has 2 heterocycles. The average molecular weight is 226 g/mol. The van der Waals surface area contributed by atoms with E-state index in [0.717, 1.165) is 44.2 Å². The Bertz CT molecular complexity index is 308. The quantitative estimate of drug-likeness (QED) is 0.776. The Morgan fingerprint density at radius 3 is 3.07 bits per heavy atom. The number of hydrogen-bond donors (Lipinski definition) is 2. The van der Waals surface area contributed by atoms with E-state index in [1.165, 1.54) is 6.20 Å². The fourth-order valence-corrected chi connectivity index (χ4v) is 2.09. The second kappa shape index (κ2) is 5.18. The second-order valence-corrected chi connectivity index (χ2v) is 4.25. The van der Waals surface area contributed by atoms with Gasteiger partial charge in [0.15, 0.2) is 5.69 Å². The van der Waals surface area contributed by atoms with Crippen LogP contribution >= 0.6 is 11.7 Å². The Hall–Kier alpha value is -1.01. The summed E-state index contributed by atoms with van der Waals surface area (Å²) in [5.74, 6) is 0.490. The van der Waals surface area contributed by atoms with Crippen molar-refractivity contribution in [2.24, 2.45) is 5.92 Å². The maximum absolute atomic E-state index is 11.5. The van der Waals surface area contributed by atoms with Crippen LogP contribution in [-0.4, -0.2) is 34.3 Å². The lowest BCUT2D eigenvalue weighted by Gasteiger charge is -2.22. The van der Waals surface area contributed by atoms with Crippen molar-refractivity contribution >= 4 is 17.6 Å². The largest absolute Gasteiger partial charge is 0.350 e. The molecule has 1 aromatic heterocycles. The number of carbonyl (C=O) groups is 1. The SMILES string of the molecule is O=C(NCC1CCNCC1)c1cnsn1. The Labute approximate surface area is 92.6 Å². The zero-order valence-electron chi connectivity index (χ0n) is 8.40. The lowest BCUT2D eigenvalue weighted by Crippen LogP contribution is -2.36. The first-order valence-corrected chi connectivity index (χ1v) is 5.86. The first kappa shape index (κ1) is 10.5. The van der Waals surface area contributed by atoms with Crippen molar-refractivity contribution in [2.75, 3.05) is 19.6 Å². The molecule has 15 heavy (non-hydrogen) atoms. The zero-order chi connectivity index (χ0) is 10.5. The summed E-state index contributed by atoms with van der Waals surface area (Å²) in [5.41, 5.74) is 0.425. The minimum Gasteiger partial charge on any atom is -0.350 e. The van der Waals surface area contributed by atoms with Crippen LogP contribution < -0.4 is 10.6 Å². The van der Waals surface area contributed by atoms with Crippen molar-refractivity contribution in [2.45, 2.75) is 12.8 Å². The van der Waals surface area contributed by atoms with E-state index in [2.05, 4.69) is 19.4 Å². The highest BCUT2D eigenvalue weighted by molar-refractivity contribution is 6.99. The van der Waals surface area contributed by atoms with Gasteiger partial charge in [0.25, 0.3) is 5.91 Å². The molecule has 2 rings (SSSR count). The molecule has 6 heteroatoms. The number of carbonyl (C=O) groups excluding carboxylic acids is 1. The summed E-state index contributed by atoms with van der Waals surface area (Å²) in [5, 5.41) is 6.19. The summed E-state index contributed by atoms with van der Waals surface area (Å²) < 4.78 is 7.68. The topological polar surface area (TPSA) is 66.9 Å². The fourth-order valence-electron chi connectivity index (χ4n) is 1.68. The zero-order valence-corrected chi connectivity index (χ0v) is 9.22. The molecule has 0 unspecified atom stereocenters. The molecule has 0 aromatic carbocycles. The number of nitrogens with one attached hydrogen (secondary N) is 2. The summed E-state index contributed by atoms with van der Waals surface area (Å²) in [6, 6.07) is 0. The van der Waals surface area contributed by atoms with Gasteiger partial charge in [-0.25, -0.2) is 0 Å². The van der Waals surface area contributed by atoms with Crippen molar-refractivity contribution in [3.63, 3.8) is 0 Å². The predicted octanol–water partition coefficient (Wildman–Crippen LogP) is 0.268. The molecule has 1 amide bonds. The van der Waals surface area contributed by atoms with E-state index in [-0.39, 0.29) is 5.91 Å². The van der Waals surface area contributed by atoms with E-state index in [1.807, 2.05) is 0 Å². The van der Waals surface area contributed by atoms with E-state index in [9.17, 15) is 4.79 Å². The van der Waals surface area contributed by atoms with Gasteiger partial charge < -0.3 is 10.6 Å². The van der Waals surface area contributed by atoms with Crippen LogP contribution in [0.1, 0.15) is 23.3 Å². The van der Waals surface area contributed by atoms with Crippen LogP contribution in [0.4, 0.5) is 0 Å². The summed E-state index contributed by atoms with van der Waals surface area (Å²) in [6.45, 7) is 2.86. The van der Waals surface area contributed by atoms with Crippen molar-refractivity contribution < 1.29 is 4.79 Å². The third kappa shape index (κ3) is 2.97. The normalized spacial score (nSPS) is 17.6. The van der Waals surface area contributed by atoms with Gasteiger partial charge >= 0.3 is 0 Å². The highest BCUT2D eigenvalue weighted by Gasteiger charge is 2.15. The van der Waals surface area contributed by atoms with Crippen LogP contribution in [0.5, 0.6) is 0 Å². The van der Waals surface area contributed by atoms with Crippen LogP contribution in [0, 0.1) is 5.92 Å². The Kier molecular flexibility index (Phi) is 3.63. The van der Waals surface area contributed by atoms with Crippen molar-refractivity contribution in [1.82, 2.24) is 19.4 Å². The van der Waals surface area contributed by atoms with Crippen molar-refractivity contribution in [1.29, 1.82) is 0 Å². The van der Waals surface area contributed by atoms with E-state index in [4.69, 9.17) is 0 Å². The molecule has 0 saturated carbocycles. The number of aromatic nitrogens is 2. The molecule has 1 aliphatic rings. The van der Waals surface area contributed by atoms with Gasteiger partial charge in [0, 0.05) is 6.54 Å². The number of rotatable bonds is 3. The average Bonchev–Trinajstić information content (AvgIpc) is 2.81. The van der Waals surface area contributed by atoms with E-state index in [0.29, 0.717) is 11.6 Å². The molecule has 0 atom stereocenters. The molecule has 1 aromatic rings. The summed E-state index contributed by atoms with van der Waals surface area (Å²) in [4.78, 5) is 11.5. The minimum atomic E-state index is -0.109. The minimum absolute atomic E-state index is 0.109. The van der Waals surface area contributed by atoms with Crippen LogP contribution in [0.25, 0.3) is 0 Å². The third-order valence-electron chi connectivity index (χ3n) is 2.60. The smallest absolute Gasteiger partial charge is 0.272 e. The molecule has 0 spiro atoms. The number of nitrogens with zero attached hydrogens (tertiary/aromatic N) is 2. The molecule has 0 aliphatic carbocycles. The highest BCUT2D eigenvalue weighted by Crippen LogP contribution is 2.10. The van der Waals surface area contributed by atoms with Gasteiger partial charge in [0.2, 0.25) is 0 Å². The maximum Gasteiger partial charge on any atom is 0.272 e. The Balaban J connectivity index is 1.75. The molecule has 0 radical (unpaired) electrons. The first-order valence-electron chi connectivity index (χ1n) is 5.13. The molecular formula is C9H14N4OS. The van der Waals surface area contributed by atoms with Crippen LogP contribution in [0.15, 0.2) is 6.20 Å². The Morgan fingerprint density at radius 1 is 1.60 bits per heavy atom. The Morgan fingerprint density at radius 2 is 2.40 bits per heavy atom. The fraction of sp³-hybridized carbons (Fsp3) is 0.667. The lowest BCUT2D eigenvalue weighted by molar-refractivity contribution is 0.0940. The molecule has 1 saturated heterocycles. The van der Waals surface area contributed by atoms with Gasteiger partial charge in [-0.2, -0.15) is 8.75 Å². The predicted molar refractivity (Wildman–Crippen MR) is 57.8 cm³/mol. The van der Waals surface area contributed by atoms with E-state index < -0.39 is 0 Å². The van der Waals surface area contributed by atoms with Gasteiger partial charge in [0.05, 0.1) is 17.9 Å². The molecule has 1 fully saturated rings. The maximum atomic E-state index is 11.5. The van der Waals surface area contributed by atoms with Crippen molar-refractivity contribution in [3.8, 4) is 0 Å². The molecule has 82 valence electrons. The van der Waals surface area contributed by atoms with Crippen LogP contribution in [0.3, 0.4) is 0 Å². The first-order chi connectivity index (χ1) is 7.36. The van der Waals surface area contributed by atoms with Crippen molar-refractivity contribution in [3.05, 3.63) is 11.9 Å². The summed E-state index contributed by atoms with van der Waals surface area (Å²) in [6.07, 6.45) is 3.77. The van der Waals surface area contributed by atoms with Gasteiger partial charge in [-0.05, 0) is 31.8 Å². The van der Waals surface area contributed by atoms with Gasteiger partial charge in [-0.3, -0.25) is 4.79 Å². The molecule has 1 aliphatic heterocycles. The number of hydrogen-bond acceptors (Lipinski definition) is 5. The summed E-state index contributed by atoms with van der Waals surface area (Å²) in [7, 11) is 0. The van der Waals surface area contributed by atoms with Gasteiger partial charge in [-0.15, -0.1) is 0 Å². The molecule has 2 N–H and O–H groups in total. The van der Waals surface area contributed by atoms with Gasteiger partial charge in [0.1, 0.15) is 0 Å². The monoisotopic (exact) mass is 226 g/mol. The van der Waals surface area contributed by atoms with E-state index in [1.54, 1.807) is 0 Å². The lowest BCUT2D eigenvalue weighted by atomic mass is 9.98. The van der Waals surface area contributed by atoms with Crippen LogP contribution in [0.2, 0.25) is 0 Å². The number of amides is 1. The second-order valence-electron chi connectivity index (χ2n) is 3.70. The van der Waals surface area contributed by atoms with Gasteiger partial charge in [-0.1, -0.05) is 0 Å². The highest BCUT2D eigenvalue weighted by atomic mass is 32.1. The van der Waals surface area contributed by atoms with E-state index >= 15 is 0 Å². The summed E-state index contributed by atoms with van der Waals surface area (Å²) >= 11 is 1.06. The molecule has 5 nitrogen and oxygen atoms in total. The molecule has 0 bridgehead atoms. The standard InChI is InChI=1S/C9H14N4OS/c14-9(8-6-12-15-13-8)11-5-7-1-3-10-4-2-7/h6-7,10H,1-5H2,(H,11,14). The number of piperidine rings is 1. The van der Waals surface area contributed by atoms with Crippen LogP contribution in [-0.2, 0) is 0 Å².